The first-order chi connectivity index (χ1) is 10.1. The Morgan fingerprint density at radius 3 is 2.62 bits per heavy atom. The van der Waals surface area contributed by atoms with Crippen LogP contribution in [0.1, 0.15) is 52.0 Å². The molecule has 0 bridgehead atoms. The van der Waals surface area contributed by atoms with Gasteiger partial charge in [-0.1, -0.05) is 36.7 Å². The van der Waals surface area contributed by atoms with Crippen molar-refractivity contribution in [1.29, 1.82) is 0 Å². The van der Waals surface area contributed by atoms with E-state index >= 15 is 0 Å². The average molecular weight is 353 g/mol. The second-order valence-electron chi connectivity index (χ2n) is 6.33. The first-order valence-corrected chi connectivity index (χ1v) is 9.17. The molecule has 0 saturated carbocycles. The third-order valence-electron chi connectivity index (χ3n) is 5.06. The fourth-order valence-electron chi connectivity index (χ4n) is 3.37. The SMILES string of the molecule is CCCNCc1cc(Br)ccc1N1CCC(CC)(CC)C1. The van der Waals surface area contributed by atoms with Gasteiger partial charge in [-0.2, -0.15) is 0 Å². The summed E-state index contributed by atoms with van der Waals surface area (Å²) in [7, 11) is 0. The van der Waals surface area contributed by atoms with Crippen molar-refractivity contribution in [2.45, 2.75) is 53.0 Å². The van der Waals surface area contributed by atoms with Crippen LogP contribution in [-0.4, -0.2) is 19.6 Å². The van der Waals surface area contributed by atoms with Gasteiger partial charge in [0.25, 0.3) is 0 Å². The van der Waals surface area contributed by atoms with Crippen LogP contribution in [0.25, 0.3) is 0 Å². The second-order valence-corrected chi connectivity index (χ2v) is 7.24. The summed E-state index contributed by atoms with van der Waals surface area (Å²) < 4.78 is 1.18. The predicted molar refractivity (Wildman–Crippen MR) is 96.0 cm³/mol. The van der Waals surface area contributed by atoms with Gasteiger partial charge in [0.15, 0.2) is 0 Å². The Morgan fingerprint density at radius 2 is 2.00 bits per heavy atom. The molecule has 0 spiro atoms. The van der Waals surface area contributed by atoms with Crippen molar-refractivity contribution in [2.24, 2.45) is 5.41 Å². The molecule has 3 heteroatoms. The molecule has 1 aromatic carbocycles. The first-order valence-electron chi connectivity index (χ1n) is 8.38. The van der Waals surface area contributed by atoms with E-state index in [0.29, 0.717) is 5.41 Å². The number of rotatable bonds is 7. The lowest BCUT2D eigenvalue weighted by Crippen LogP contribution is -2.27. The molecule has 0 aromatic heterocycles. The van der Waals surface area contributed by atoms with Crippen LogP contribution in [0.5, 0.6) is 0 Å². The van der Waals surface area contributed by atoms with Crippen molar-refractivity contribution in [3.8, 4) is 0 Å². The summed E-state index contributed by atoms with van der Waals surface area (Å²) >= 11 is 3.62. The maximum Gasteiger partial charge on any atom is 0.0412 e. The largest absolute Gasteiger partial charge is 0.371 e. The lowest BCUT2D eigenvalue weighted by atomic mass is 9.82. The summed E-state index contributed by atoms with van der Waals surface area (Å²) in [4.78, 5) is 2.60. The molecule has 0 radical (unpaired) electrons. The Hall–Kier alpha value is -0.540. The fourth-order valence-corrected chi connectivity index (χ4v) is 3.78. The number of nitrogens with zero attached hydrogens (tertiary/aromatic N) is 1. The molecule has 1 heterocycles. The molecule has 1 fully saturated rings. The van der Waals surface area contributed by atoms with Gasteiger partial charge in [-0.25, -0.2) is 0 Å². The summed E-state index contributed by atoms with van der Waals surface area (Å²) in [6, 6.07) is 6.74. The second kappa shape index (κ2) is 7.64. The van der Waals surface area contributed by atoms with Crippen molar-refractivity contribution < 1.29 is 0 Å². The van der Waals surface area contributed by atoms with Crippen LogP contribution in [-0.2, 0) is 6.54 Å². The molecule has 1 aromatic rings. The van der Waals surface area contributed by atoms with Gasteiger partial charge in [-0.3, -0.25) is 0 Å². The summed E-state index contributed by atoms with van der Waals surface area (Å²) in [5.74, 6) is 0. The van der Waals surface area contributed by atoms with E-state index in [1.165, 1.54) is 54.5 Å². The minimum absolute atomic E-state index is 0.529. The predicted octanol–water partition coefficient (Wildman–Crippen LogP) is 4.97. The smallest absolute Gasteiger partial charge is 0.0412 e. The monoisotopic (exact) mass is 352 g/mol. The number of anilines is 1. The van der Waals surface area contributed by atoms with Crippen LogP contribution in [0, 0.1) is 5.41 Å². The third-order valence-corrected chi connectivity index (χ3v) is 5.56. The minimum atomic E-state index is 0.529. The fraction of sp³-hybridized carbons (Fsp3) is 0.667. The van der Waals surface area contributed by atoms with E-state index in [1.807, 2.05) is 0 Å². The quantitative estimate of drug-likeness (QED) is 0.697. The van der Waals surface area contributed by atoms with E-state index in [1.54, 1.807) is 0 Å². The molecule has 1 N–H and O–H groups in total. The molecular formula is C18H29BrN2. The lowest BCUT2D eigenvalue weighted by molar-refractivity contribution is 0.301. The molecular weight excluding hydrogens is 324 g/mol. The van der Waals surface area contributed by atoms with Gasteiger partial charge < -0.3 is 10.2 Å². The molecule has 0 amide bonds. The van der Waals surface area contributed by atoms with Crippen molar-refractivity contribution >= 4 is 21.6 Å². The van der Waals surface area contributed by atoms with Gasteiger partial charge in [0.1, 0.15) is 0 Å². The number of hydrogen-bond acceptors (Lipinski definition) is 2. The molecule has 0 unspecified atom stereocenters. The Labute approximate surface area is 138 Å². The Morgan fingerprint density at radius 1 is 1.24 bits per heavy atom. The van der Waals surface area contributed by atoms with Gasteiger partial charge in [-0.05, 0) is 61.4 Å². The number of hydrogen-bond donors (Lipinski definition) is 1. The lowest BCUT2D eigenvalue weighted by Gasteiger charge is -2.28. The number of halogens is 1. The molecule has 1 aliphatic heterocycles. The topological polar surface area (TPSA) is 15.3 Å². The maximum atomic E-state index is 3.62. The van der Waals surface area contributed by atoms with Crippen LogP contribution < -0.4 is 10.2 Å². The van der Waals surface area contributed by atoms with Crippen molar-refractivity contribution in [3.63, 3.8) is 0 Å². The summed E-state index contributed by atoms with van der Waals surface area (Å²) in [6.07, 6.45) is 5.10. The van der Waals surface area contributed by atoms with E-state index in [2.05, 4.69) is 65.1 Å². The van der Waals surface area contributed by atoms with E-state index < -0.39 is 0 Å². The standard InChI is InChI=1S/C18H29BrN2/c1-4-10-20-13-15-12-16(19)7-8-17(15)21-11-9-18(5-2,6-3)14-21/h7-8,12,20H,4-6,9-11,13-14H2,1-3H3. The van der Waals surface area contributed by atoms with Crippen LogP contribution in [0.2, 0.25) is 0 Å². The molecule has 118 valence electrons. The zero-order chi connectivity index (χ0) is 15.3. The Kier molecular flexibility index (Phi) is 6.12. The van der Waals surface area contributed by atoms with Crippen molar-refractivity contribution in [2.75, 3.05) is 24.5 Å². The number of benzene rings is 1. The molecule has 0 atom stereocenters. The zero-order valence-corrected chi connectivity index (χ0v) is 15.3. The number of nitrogens with one attached hydrogen (secondary N) is 1. The highest BCUT2D eigenvalue weighted by Crippen LogP contribution is 2.40. The molecule has 1 saturated heterocycles. The van der Waals surface area contributed by atoms with Crippen molar-refractivity contribution in [3.05, 3.63) is 28.2 Å². The third kappa shape index (κ3) is 4.01. The molecule has 21 heavy (non-hydrogen) atoms. The highest BCUT2D eigenvalue weighted by Gasteiger charge is 2.35. The van der Waals surface area contributed by atoms with Gasteiger partial charge in [0.05, 0.1) is 0 Å². The van der Waals surface area contributed by atoms with Crippen LogP contribution in [0.15, 0.2) is 22.7 Å². The van der Waals surface area contributed by atoms with Crippen LogP contribution >= 0.6 is 15.9 Å². The minimum Gasteiger partial charge on any atom is -0.371 e. The summed E-state index contributed by atoms with van der Waals surface area (Å²) in [5, 5.41) is 3.54. The summed E-state index contributed by atoms with van der Waals surface area (Å²) in [6.45, 7) is 11.4. The van der Waals surface area contributed by atoms with Crippen LogP contribution in [0.3, 0.4) is 0 Å². The van der Waals surface area contributed by atoms with Crippen molar-refractivity contribution in [1.82, 2.24) is 5.32 Å². The first kappa shape index (κ1) is 16.8. The van der Waals surface area contributed by atoms with E-state index in [-0.39, 0.29) is 0 Å². The normalized spacial score (nSPS) is 17.4. The molecule has 2 rings (SSSR count). The maximum absolute atomic E-state index is 3.62. The molecule has 1 aliphatic rings. The van der Waals surface area contributed by atoms with E-state index in [9.17, 15) is 0 Å². The van der Waals surface area contributed by atoms with Gasteiger partial charge in [-0.15, -0.1) is 0 Å². The van der Waals surface area contributed by atoms with E-state index in [4.69, 9.17) is 0 Å². The van der Waals surface area contributed by atoms with Gasteiger partial charge in [0.2, 0.25) is 0 Å². The zero-order valence-electron chi connectivity index (χ0n) is 13.7. The van der Waals surface area contributed by atoms with E-state index in [0.717, 1.165) is 13.1 Å². The highest BCUT2D eigenvalue weighted by molar-refractivity contribution is 9.10. The molecule has 0 aliphatic carbocycles. The highest BCUT2D eigenvalue weighted by atomic mass is 79.9. The Balaban J connectivity index is 2.15. The average Bonchev–Trinajstić information content (AvgIpc) is 2.93. The molecule has 2 nitrogen and oxygen atoms in total. The Bertz CT molecular complexity index is 455. The van der Waals surface area contributed by atoms with Crippen LogP contribution in [0.4, 0.5) is 5.69 Å². The summed E-state index contributed by atoms with van der Waals surface area (Å²) in [5.41, 5.74) is 3.37. The van der Waals surface area contributed by atoms with Gasteiger partial charge in [0, 0.05) is 29.8 Å². The van der Waals surface area contributed by atoms with Gasteiger partial charge >= 0.3 is 0 Å².